The van der Waals surface area contributed by atoms with Crippen LogP contribution in [0.3, 0.4) is 0 Å². The number of rotatable bonds is 24. The van der Waals surface area contributed by atoms with Gasteiger partial charge in [0.1, 0.15) is 29.8 Å². The maximum Gasteiger partial charge on any atom is 0.335 e. The minimum Gasteiger partial charge on any atom is -0.510 e. The van der Waals surface area contributed by atoms with E-state index in [1.54, 1.807) is 54.4 Å². The molecule has 1 saturated heterocycles. The van der Waals surface area contributed by atoms with Gasteiger partial charge in [-0.1, -0.05) is 106 Å². The number of aliphatic hydroxyl groups is 4. The molecule has 1 fully saturated rings. The Morgan fingerprint density at radius 2 is 1.54 bits per heavy atom. The summed E-state index contributed by atoms with van der Waals surface area (Å²) in [5, 5.41) is 53.2. The lowest BCUT2D eigenvalue weighted by Gasteiger charge is -2.40. The lowest BCUT2D eigenvalue weighted by atomic mass is 9.92. The molecule has 2 amide bonds. The van der Waals surface area contributed by atoms with Crippen LogP contribution in [0.5, 0.6) is 0 Å². The Hall–Kier alpha value is -5.19. The first kappa shape index (κ1) is 53.9. The molecule has 0 aromatic heterocycles. The van der Waals surface area contributed by atoms with Crippen LogP contribution in [-0.4, -0.2) is 110 Å². The molecule has 0 aromatic carbocycles. The van der Waals surface area contributed by atoms with Crippen molar-refractivity contribution >= 4 is 29.5 Å². The summed E-state index contributed by atoms with van der Waals surface area (Å²) >= 11 is 0. The molecular formula is C48H70N4O11. The Kier molecular flexibility index (Phi) is 24.4. The summed E-state index contributed by atoms with van der Waals surface area (Å²) in [5.74, 6) is -2.21. The molecule has 15 nitrogen and oxygen atoms in total. The number of nitrogens with one attached hydrogen (secondary N) is 1. The van der Waals surface area contributed by atoms with Crippen LogP contribution in [0.15, 0.2) is 113 Å². The summed E-state index contributed by atoms with van der Waals surface area (Å²) in [7, 11) is 1.81. The van der Waals surface area contributed by atoms with Crippen LogP contribution < -0.4 is 11.1 Å². The largest absolute Gasteiger partial charge is 0.510 e. The van der Waals surface area contributed by atoms with Crippen LogP contribution >= 0.6 is 0 Å². The number of unbranched alkanes of at least 4 members (excludes halogenated alkanes) is 2. The molecule has 1 heterocycles. The van der Waals surface area contributed by atoms with Crippen molar-refractivity contribution in [1.29, 1.82) is 0 Å². The highest BCUT2D eigenvalue weighted by molar-refractivity contribution is 6.04. The molecule has 0 saturated carbocycles. The van der Waals surface area contributed by atoms with Gasteiger partial charge in [-0.2, -0.15) is 4.99 Å². The standard InChI is InChI=1S/C48H70N4O11/c1-31(22-16-13-14-21-29-52(7)48(49)50-36(6)53)23-17-15-18-24-32(2)30-35(5)43(62-47-42(58)40(56)41(57)44(63-47)46(60)61)33(3)25-19-11-9-8-10-12-20-26-34(4)45(59)51-39-37(54)27-28-38(39)55/h8-13,16-17,19-20,23,25-26,30-33,40-44,47,54,56-58H,14-15,18,21-22,24,27-29H2,1-7H3,(H,51,59)(H,60,61)(H2,49,50,53)/b10-8+,11-9+,16-13+,20-12+,23-17+,25-19+,34-26+,35-30+/t31?,32?,33?,40-,41-,42+,43+,44-,47+/m0/s1. The minimum absolute atomic E-state index is 0.0463. The van der Waals surface area contributed by atoms with Gasteiger partial charge in [0.25, 0.3) is 5.91 Å². The van der Waals surface area contributed by atoms with E-state index in [4.69, 9.17) is 15.2 Å². The zero-order valence-corrected chi connectivity index (χ0v) is 37.8. The highest BCUT2D eigenvalue weighted by atomic mass is 16.7. The number of carboxylic acids is 1. The van der Waals surface area contributed by atoms with Crippen LogP contribution in [0.2, 0.25) is 0 Å². The molecule has 0 bridgehead atoms. The quantitative estimate of drug-likeness (QED) is 0.0152. The highest BCUT2D eigenvalue weighted by Gasteiger charge is 2.48. The number of aliphatic carboxylic acids is 1. The van der Waals surface area contributed by atoms with Gasteiger partial charge < -0.3 is 51.0 Å². The number of carbonyl (C=O) groups is 4. The first-order chi connectivity index (χ1) is 29.8. The Balaban J connectivity index is 1.99. The number of allylic oxidation sites excluding steroid dienone is 15. The van der Waals surface area contributed by atoms with Gasteiger partial charge in [0, 0.05) is 44.8 Å². The second-order valence-corrected chi connectivity index (χ2v) is 16.2. The number of nitrogens with two attached hydrogens (primary N) is 1. The van der Waals surface area contributed by atoms with E-state index < -0.39 is 48.7 Å². The lowest BCUT2D eigenvalue weighted by Crippen LogP contribution is -2.61. The van der Waals surface area contributed by atoms with Gasteiger partial charge in [0.2, 0.25) is 5.91 Å². The highest BCUT2D eigenvalue weighted by Crippen LogP contribution is 2.29. The zero-order chi connectivity index (χ0) is 47.1. The molecular weight excluding hydrogens is 809 g/mol. The van der Waals surface area contributed by atoms with Gasteiger partial charge in [-0.05, 0) is 69.8 Å². The van der Waals surface area contributed by atoms with Crippen LogP contribution in [-0.2, 0) is 28.7 Å². The van der Waals surface area contributed by atoms with E-state index >= 15 is 0 Å². The topological polar surface area (TPSA) is 242 Å². The fourth-order valence-electron chi connectivity index (χ4n) is 6.72. The van der Waals surface area contributed by atoms with Crippen LogP contribution in [0.1, 0.15) is 92.9 Å². The first-order valence-electron chi connectivity index (χ1n) is 21.6. The summed E-state index contributed by atoms with van der Waals surface area (Å²) < 4.78 is 11.7. The molecule has 3 unspecified atom stereocenters. The van der Waals surface area contributed by atoms with Crippen LogP contribution in [0, 0.1) is 17.8 Å². The normalized spacial score (nSPS) is 23.9. The fourth-order valence-corrected chi connectivity index (χ4v) is 6.72. The number of aliphatic hydroxyl groups excluding tert-OH is 4. The van der Waals surface area contributed by atoms with Crippen molar-refractivity contribution in [3.05, 3.63) is 108 Å². The van der Waals surface area contributed by atoms with Crippen molar-refractivity contribution in [3.63, 3.8) is 0 Å². The Morgan fingerprint density at radius 1 is 0.889 bits per heavy atom. The maximum absolute atomic E-state index is 12.3. The molecule has 8 N–H and O–H groups in total. The van der Waals surface area contributed by atoms with E-state index in [0.717, 1.165) is 44.1 Å². The third-order valence-electron chi connectivity index (χ3n) is 10.4. The van der Waals surface area contributed by atoms with E-state index in [9.17, 15) is 44.7 Å². The van der Waals surface area contributed by atoms with Gasteiger partial charge >= 0.3 is 5.97 Å². The number of nitrogens with zero attached hydrogens (tertiary/aromatic N) is 2. The van der Waals surface area contributed by atoms with Crippen LogP contribution in [0.4, 0.5) is 0 Å². The third-order valence-corrected chi connectivity index (χ3v) is 10.4. The Bertz CT molecular complexity index is 1840. The maximum atomic E-state index is 12.3. The number of Topliss-reactive ketones (excluding diaryl/α,β-unsaturated/α-hetero) is 1. The first-order valence-corrected chi connectivity index (χ1v) is 21.6. The zero-order valence-electron chi connectivity index (χ0n) is 37.8. The monoisotopic (exact) mass is 879 g/mol. The minimum atomic E-state index is -1.84. The number of ketones is 1. The average Bonchev–Trinajstić information content (AvgIpc) is 3.54. The molecule has 1 aliphatic carbocycles. The van der Waals surface area contributed by atoms with E-state index in [2.05, 4.69) is 54.5 Å². The number of aliphatic imine (C=N–C) groups is 1. The van der Waals surface area contributed by atoms with Crippen molar-refractivity contribution < 1.29 is 54.2 Å². The molecule has 9 atom stereocenters. The molecule has 2 rings (SSSR count). The average molecular weight is 879 g/mol. The smallest absolute Gasteiger partial charge is 0.335 e. The summed E-state index contributed by atoms with van der Waals surface area (Å²) in [6.45, 7) is 11.8. The summed E-state index contributed by atoms with van der Waals surface area (Å²) in [6, 6.07) is 0. The van der Waals surface area contributed by atoms with Gasteiger partial charge in [0.05, 0.1) is 6.10 Å². The second-order valence-electron chi connectivity index (χ2n) is 16.2. The Labute approximate surface area is 372 Å². The number of ether oxygens (including phenoxy) is 2. The molecule has 0 radical (unpaired) electrons. The fraction of sp³-hybridized carbons (Fsp3) is 0.521. The van der Waals surface area contributed by atoms with Crippen molar-refractivity contribution in [2.24, 2.45) is 28.5 Å². The van der Waals surface area contributed by atoms with E-state index in [1.165, 1.54) is 6.92 Å². The molecule has 15 heteroatoms. The number of hydrogen-bond donors (Lipinski definition) is 7. The van der Waals surface area contributed by atoms with E-state index in [-0.39, 0.29) is 53.8 Å². The molecule has 0 aromatic rings. The third kappa shape index (κ3) is 19.8. The number of hydrogen-bond acceptors (Lipinski definition) is 10. The summed E-state index contributed by atoms with van der Waals surface area (Å²) in [6.07, 6.45) is 23.3. The SMILES string of the molecule is CC(=O)N=C(N)N(C)CCC/C=C/CC(C)/C=C/CCCC(C)/C=C(\C)[C@H](O[C@@H]1O[C@H](C(=O)O)[C@@H](O)[C@H](O)[C@H]1O)C(C)/C=C/C=C/C=C/C=C/C=C(\C)C(=O)NC1=C(O)CCC1=O. The van der Waals surface area contributed by atoms with Crippen molar-refractivity contribution in [2.45, 2.75) is 130 Å². The van der Waals surface area contributed by atoms with Crippen molar-refractivity contribution in [1.82, 2.24) is 10.2 Å². The molecule has 0 spiro atoms. The molecule has 2 aliphatic rings. The van der Waals surface area contributed by atoms with Crippen molar-refractivity contribution in [2.75, 3.05) is 13.6 Å². The molecule has 63 heavy (non-hydrogen) atoms. The predicted molar refractivity (Wildman–Crippen MR) is 244 cm³/mol. The van der Waals surface area contributed by atoms with Crippen molar-refractivity contribution in [3.8, 4) is 0 Å². The summed E-state index contributed by atoms with van der Waals surface area (Å²) in [5.41, 5.74) is 6.94. The number of guanidine groups is 1. The Morgan fingerprint density at radius 3 is 2.17 bits per heavy atom. The number of amides is 2. The van der Waals surface area contributed by atoms with Gasteiger partial charge in [-0.3, -0.25) is 14.4 Å². The molecule has 1 aliphatic heterocycles. The number of carbonyl (C=O) groups excluding carboxylic acids is 3. The van der Waals surface area contributed by atoms with Gasteiger partial charge in [0.15, 0.2) is 24.1 Å². The molecule has 348 valence electrons. The summed E-state index contributed by atoms with van der Waals surface area (Å²) in [4.78, 5) is 52.5. The predicted octanol–water partition coefficient (Wildman–Crippen LogP) is 5.78. The van der Waals surface area contributed by atoms with E-state index in [0.29, 0.717) is 18.0 Å². The van der Waals surface area contributed by atoms with Gasteiger partial charge in [-0.25, -0.2) is 4.79 Å². The van der Waals surface area contributed by atoms with Crippen LogP contribution in [0.25, 0.3) is 0 Å². The van der Waals surface area contributed by atoms with E-state index in [1.807, 2.05) is 33.0 Å². The second kappa shape index (κ2) is 28.5. The number of carboxylic acid groups (broad SMARTS) is 1. The van der Waals surface area contributed by atoms with Gasteiger partial charge in [-0.15, -0.1) is 0 Å². The lowest BCUT2D eigenvalue weighted by molar-refractivity contribution is -0.303.